The van der Waals surface area contributed by atoms with Crippen molar-refractivity contribution >= 4 is 34.2 Å². The summed E-state index contributed by atoms with van der Waals surface area (Å²) in [6.45, 7) is 5.36. The summed E-state index contributed by atoms with van der Waals surface area (Å²) >= 11 is 0. The maximum Gasteiger partial charge on any atom is 0.278 e. The maximum absolute atomic E-state index is 13.8. The third kappa shape index (κ3) is 4.45. The number of hydrogen-bond acceptors (Lipinski definition) is 4. The molecule has 172 valence electrons. The van der Waals surface area contributed by atoms with Crippen LogP contribution in [0.1, 0.15) is 31.9 Å². The van der Waals surface area contributed by atoms with E-state index in [0.717, 1.165) is 5.56 Å². The second kappa shape index (κ2) is 9.70. The van der Waals surface area contributed by atoms with Gasteiger partial charge in [-0.3, -0.25) is 19.0 Å². The molecule has 0 aliphatic rings. The molecule has 0 unspecified atom stereocenters. The van der Waals surface area contributed by atoms with Crippen LogP contribution in [0, 0.1) is 6.92 Å². The van der Waals surface area contributed by atoms with Crippen molar-refractivity contribution in [1.29, 1.82) is 0 Å². The van der Waals surface area contributed by atoms with Crippen LogP contribution in [-0.2, 0) is 9.59 Å². The molecular formula is C27H26N4O3. The van der Waals surface area contributed by atoms with Gasteiger partial charge in [0.25, 0.3) is 5.56 Å². The molecule has 7 nitrogen and oxygen atoms in total. The number of amides is 2. The Morgan fingerprint density at radius 3 is 2.29 bits per heavy atom. The molecule has 0 fully saturated rings. The minimum atomic E-state index is -0.809. The van der Waals surface area contributed by atoms with Gasteiger partial charge < -0.3 is 10.6 Å². The van der Waals surface area contributed by atoms with Gasteiger partial charge in [-0.15, -0.1) is 0 Å². The zero-order valence-electron chi connectivity index (χ0n) is 19.3. The molecule has 3 aromatic carbocycles. The van der Waals surface area contributed by atoms with Gasteiger partial charge in [-0.25, -0.2) is 4.98 Å². The van der Waals surface area contributed by atoms with Gasteiger partial charge in [0, 0.05) is 17.7 Å². The molecule has 2 amide bonds. The van der Waals surface area contributed by atoms with Crippen LogP contribution in [0.3, 0.4) is 0 Å². The van der Waals surface area contributed by atoms with E-state index >= 15 is 0 Å². The van der Waals surface area contributed by atoms with E-state index in [1.54, 1.807) is 56.3 Å². The Balaban J connectivity index is 1.85. The van der Waals surface area contributed by atoms with E-state index in [-0.39, 0.29) is 17.5 Å². The highest BCUT2D eigenvalue weighted by atomic mass is 16.2. The number of carbonyl (C=O) groups excluding carboxylic acids is 2. The lowest BCUT2D eigenvalue weighted by molar-refractivity contribution is -0.119. The van der Waals surface area contributed by atoms with Gasteiger partial charge in [-0.2, -0.15) is 0 Å². The maximum atomic E-state index is 13.8. The van der Waals surface area contributed by atoms with Crippen molar-refractivity contribution in [2.75, 3.05) is 10.6 Å². The molecule has 0 saturated heterocycles. The molecule has 0 saturated carbocycles. The number of aromatic nitrogens is 2. The summed E-state index contributed by atoms with van der Waals surface area (Å²) in [7, 11) is 0. The molecule has 1 heterocycles. The van der Waals surface area contributed by atoms with Gasteiger partial charge in [0.05, 0.1) is 16.7 Å². The smallest absolute Gasteiger partial charge is 0.278 e. The lowest BCUT2D eigenvalue weighted by Gasteiger charge is -2.20. The number of benzene rings is 3. The Kier molecular flexibility index (Phi) is 6.54. The van der Waals surface area contributed by atoms with Gasteiger partial charge in [0.2, 0.25) is 11.8 Å². The fourth-order valence-corrected chi connectivity index (χ4v) is 3.82. The summed E-state index contributed by atoms with van der Waals surface area (Å²) in [5.41, 5.74) is 3.50. The van der Waals surface area contributed by atoms with Gasteiger partial charge in [0.1, 0.15) is 11.7 Å². The Hall–Kier alpha value is -4.26. The summed E-state index contributed by atoms with van der Waals surface area (Å²) < 4.78 is 1.46. The van der Waals surface area contributed by atoms with E-state index in [0.29, 0.717) is 34.4 Å². The molecule has 34 heavy (non-hydrogen) atoms. The first kappa shape index (κ1) is 22.9. The van der Waals surface area contributed by atoms with E-state index in [9.17, 15) is 14.4 Å². The minimum Gasteiger partial charge on any atom is -0.325 e. The lowest BCUT2D eigenvalue weighted by atomic mass is 10.1. The second-order valence-electron chi connectivity index (χ2n) is 8.05. The van der Waals surface area contributed by atoms with Gasteiger partial charge in [-0.1, -0.05) is 55.5 Å². The summed E-state index contributed by atoms with van der Waals surface area (Å²) in [6, 6.07) is 20.9. The average Bonchev–Trinajstić information content (AvgIpc) is 2.85. The molecule has 7 heteroatoms. The highest BCUT2D eigenvalue weighted by Gasteiger charge is 2.23. The van der Waals surface area contributed by atoms with E-state index in [1.165, 1.54) is 4.57 Å². The first-order chi connectivity index (χ1) is 16.4. The minimum absolute atomic E-state index is 0.167. The van der Waals surface area contributed by atoms with Gasteiger partial charge in [-0.05, 0) is 43.7 Å². The number of para-hydroxylation sites is 4. The molecule has 0 spiro atoms. The third-order valence-corrected chi connectivity index (χ3v) is 5.74. The average molecular weight is 455 g/mol. The number of carbonyl (C=O) groups is 2. The van der Waals surface area contributed by atoms with Crippen molar-refractivity contribution in [3.63, 3.8) is 0 Å². The molecule has 0 aliphatic carbocycles. The number of aryl methyl sites for hydroxylation is 1. The summed E-state index contributed by atoms with van der Waals surface area (Å²) in [4.78, 5) is 43.7. The molecule has 4 rings (SSSR count). The Labute approximate surface area is 197 Å². The number of anilines is 2. The van der Waals surface area contributed by atoms with Crippen LogP contribution in [0.4, 0.5) is 11.4 Å². The number of rotatable bonds is 6. The lowest BCUT2D eigenvalue weighted by Crippen LogP contribution is -2.33. The zero-order valence-corrected chi connectivity index (χ0v) is 19.3. The van der Waals surface area contributed by atoms with Crippen LogP contribution in [0.25, 0.3) is 22.3 Å². The Bertz CT molecular complexity index is 1440. The highest BCUT2D eigenvalue weighted by Crippen LogP contribution is 2.27. The molecular weight excluding hydrogens is 428 g/mol. The predicted molar refractivity (Wildman–Crippen MR) is 135 cm³/mol. The van der Waals surface area contributed by atoms with Crippen molar-refractivity contribution in [2.45, 2.75) is 33.2 Å². The number of hydrogen-bond donors (Lipinski definition) is 2. The number of nitrogens with one attached hydrogen (secondary N) is 2. The first-order valence-corrected chi connectivity index (χ1v) is 11.2. The van der Waals surface area contributed by atoms with E-state index in [4.69, 9.17) is 0 Å². The number of fused-ring (bicyclic) bond motifs is 1. The molecule has 4 aromatic rings. The van der Waals surface area contributed by atoms with E-state index in [1.807, 2.05) is 37.3 Å². The van der Waals surface area contributed by atoms with Gasteiger partial charge >= 0.3 is 0 Å². The van der Waals surface area contributed by atoms with Crippen LogP contribution < -0.4 is 16.2 Å². The van der Waals surface area contributed by atoms with E-state index in [2.05, 4.69) is 15.6 Å². The van der Waals surface area contributed by atoms with Crippen molar-refractivity contribution < 1.29 is 9.59 Å². The van der Waals surface area contributed by atoms with Crippen molar-refractivity contribution in [3.05, 3.63) is 88.7 Å². The molecule has 2 N–H and O–H groups in total. The molecule has 1 aromatic heterocycles. The quantitative estimate of drug-likeness (QED) is 0.432. The van der Waals surface area contributed by atoms with Gasteiger partial charge in [0.15, 0.2) is 0 Å². The summed E-state index contributed by atoms with van der Waals surface area (Å²) in [5, 5.41) is 5.77. The number of nitrogens with zero attached hydrogens (tertiary/aromatic N) is 2. The standard InChI is InChI=1S/C27H26N4O3/c1-4-24(32)28-21-14-8-6-12-19(21)25-27(34)31(23-16-10-9-15-22(23)29-25)18(3)26(33)30-20-13-7-5-11-17(20)2/h5-16,18H,4H2,1-3H3,(H,28,32)(H,30,33)/t18-/m1/s1. The molecule has 1 atom stereocenters. The predicted octanol–water partition coefficient (Wildman–Crippen LogP) is 4.92. The van der Waals surface area contributed by atoms with Crippen LogP contribution in [-0.4, -0.2) is 21.4 Å². The monoisotopic (exact) mass is 454 g/mol. The van der Waals surface area contributed by atoms with Crippen molar-refractivity contribution in [1.82, 2.24) is 9.55 Å². The highest BCUT2D eigenvalue weighted by molar-refractivity contribution is 5.97. The second-order valence-corrected chi connectivity index (χ2v) is 8.05. The van der Waals surface area contributed by atoms with E-state index < -0.39 is 11.6 Å². The van der Waals surface area contributed by atoms with Crippen LogP contribution in [0.2, 0.25) is 0 Å². The third-order valence-electron chi connectivity index (χ3n) is 5.74. The van der Waals surface area contributed by atoms with Crippen LogP contribution >= 0.6 is 0 Å². The van der Waals surface area contributed by atoms with Crippen molar-refractivity contribution in [2.24, 2.45) is 0 Å². The largest absolute Gasteiger partial charge is 0.325 e. The molecule has 0 radical (unpaired) electrons. The summed E-state index contributed by atoms with van der Waals surface area (Å²) in [6.07, 6.45) is 0.305. The van der Waals surface area contributed by atoms with Crippen LogP contribution in [0.15, 0.2) is 77.6 Å². The van der Waals surface area contributed by atoms with Crippen LogP contribution in [0.5, 0.6) is 0 Å². The Morgan fingerprint density at radius 1 is 0.912 bits per heavy atom. The fourth-order valence-electron chi connectivity index (χ4n) is 3.82. The molecule has 0 bridgehead atoms. The Morgan fingerprint density at radius 2 is 1.56 bits per heavy atom. The normalized spacial score (nSPS) is 11.7. The van der Waals surface area contributed by atoms with Crippen molar-refractivity contribution in [3.8, 4) is 11.3 Å². The summed E-state index contributed by atoms with van der Waals surface area (Å²) in [5.74, 6) is -0.481. The topological polar surface area (TPSA) is 93.1 Å². The zero-order chi connectivity index (χ0) is 24.2. The SMILES string of the molecule is CCC(=O)Nc1ccccc1-c1nc2ccccc2n([C@H](C)C(=O)Nc2ccccc2C)c1=O. The molecule has 0 aliphatic heterocycles. The fraction of sp³-hybridized carbons (Fsp3) is 0.185. The first-order valence-electron chi connectivity index (χ1n) is 11.2.